The first-order valence-electron chi connectivity index (χ1n) is 11.2. The SMILES string of the molecule is CCN(Cc1cc(C(F)(F)F)ccc1-n1cc(CC(=O)O)c2ccc(C)nc21)C(=O)c1ccccn1. The zero-order chi connectivity index (χ0) is 26.0. The molecule has 7 nitrogen and oxygen atoms in total. The Labute approximate surface area is 204 Å². The van der Waals surface area contributed by atoms with Gasteiger partial charge in [-0.05, 0) is 67.4 Å². The summed E-state index contributed by atoms with van der Waals surface area (Å²) in [5, 5.41) is 9.95. The van der Waals surface area contributed by atoms with E-state index in [0.717, 1.165) is 12.1 Å². The number of aromatic nitrogens is 3. The molecule has 0 atom stereocenters. The molecule has 36 heavy (non-hydrogen) atoms. The predicted molar refractivity (Wildman–Crippen MR) is 127 cm³/mol. The Balaban J connectivity index is 1.87. The van der Waals surface area contributed by atoms with Crippen molar-refractivity contribution in [2.24, 2.45) is 0 Å². The molecular weight excluding hydrogens is 473 g/mol. The summed E-state index contributed by atoms with van der Waals surface area (Å²) in [6.45, 7) is 3.62. The van der Waals surface area contributed by atoms with Crippen LogP contribution >= 0.6 is 0 Å². The second kappa shape index (κ2) is 9.80. The number of pyridine rings is 2. The molecule has 0 radical (unpaired) electrons. The van der Waals surface area contributed by atoms with Crippen LogP contribution in [0.5, 0.6) is 0 Å². The zero-order valence-corrected chi connectivity index (χ0v) is 19.6. The van der Waals surface area contributed by atoms with Crippen molar-refractivity contribution in [1.29, 1.82) is 0 Å². The molecule has 1 N–H and O–H groups in total. The van der Waals surface area contributed by atoms with Crippen molar-refractivity contribution in [3.63, 3.8) is 0 Å². The van der Waals surface area contributed by atoms with Crippen LogP contribution in [0.4, 0.5) is 13.2 Å². The lowest BCUT2D eigenvalue weighted by Crippen LogP contribution is -2.31. The van der Waals surface area contributed by atoms with E-state index in [1.54, 1.807) is 54.9 Å². The van der Waals surface area contributed by atoms with Crippen LogP contribution < -0.4 is 0 Å². The maximum Gasteiger partial charge on any atom is 0.416 e. The summed E-state index contributed by atoms with van der Waals surface area (Å²) in [6, 6.07) is 11.7. The van der Waals surface area contributed by atoms with Crippen LogP contribution in [0.3, 0.4) is 0 Å². The van der Waals surface area contributed by atoms with Gasteiger partial charge in [0.25, 0.3) is 5.91 Å². The van der Waals surface area contributed by atoms with E-state index in [9.17, 15) is 27.9 Å². The number of carbonyl (C=O) groups is 2. The summed E-state index contributed by atoms with van der Waals surface area (Å²) in [5.41, 5.74) is 1.50. The average molecular weight is 496 g/mol. The third-order valence-electron chi connectivity index (χ3n) is 5.80. The van der Waals surface area contributed by atoms with Crippen LogP contribution in [0.25, 0.3) is 16.7 Å². The fourth-order valence-electron chi connectivity index (χ4n) is 4.06. The highest BCUT2D eigenvalue weighted by Crippen LogP contribution is 2.34. The van der Waals surface area contributed by atoms with E-state index in [0.29, 0.717) is 28.0 Å². The molecule has 4 rings (SSSR count). The minimum atomic E-state index is -4.59. The number of hydrogen-bond donors (Lipinski definition) is 1. The Kier molecular flexibility index (Phi) is 6.78. The summed E-state index contributed by atoms with van der Waals surface area (Å²) in [6.07, 6.45) is -1.81. The number of aryl methyl sites for hydroxylation is 1. The van der Waals surface area contributed by atoms with Gasteiger partial charge in [-0.15, -0.1) is 0 Å². The number of carboxylic acid groups (broad SMARTS) is 1. The molecule has 186 valence electrons. The lowest BCUT2D eigenvalue weighted by atomic mass is 10.1. The van der Waals surface area contributed by atoms with E-state index >= 15 is 0 Å². The van der Waals surface area contributed by atoms with Gasteiger partial charge in [0.15, 0.2) is 0 Å². The number of halogens is 3. The monoisotopic (exact) mass is 496 g/mol. The average Bonchev–Trinajstić information content (AvgIpc) is 3.18. The third-order valence-corrected chi connectivity index (χ3v) is 5.80. The number of alkyl halides is 3. The van der Waals surface area contributed by atoms with Crippen molar-refractivity contribution in [1.82, 2.24) is 19.4 Å². The topological polar surface area (TPSA) is 88.3 Å². The largest absolute Gasteiger partial charge is 0.481 e. The highest BCUT2D eigenvalue weighted by atomic mass is 19.4. The standard InChI is InChI=1S/C26H23F3N4O3/c1-3-32(25(36)21-6-4-5-11-30-21)14-18-12-19(26(27,28)29)8-10-22(18)33-15-17(13-23(34)35)20-9-7-16(2)31-24(20)33/h4-12,15H,3,13-14H2,1-2H3,(H,34,35). The number of rotatable bonds is 7. The summed E-state index contributed by atoms with van der Waals surface area (Å²) in [7, 11) is 0. The van der Waals surface area contributed by atoms with Crippen LogP contribution in [0, 0.1) is 6.92 Å². The van der Waals surface area contributed by atoms with Crippen molar-refractivity contribution >= 4 is 22.9 Å². The molecule has 1 aromatic carbocycles. The molecule has 0 aliphatic heterocycles. The van der Waals surface area contributed by atoms with Crippen molar-refractivity contribution < 1.29 is 27.9 Å². The van der Waals surface area contributed by atoms with Gasteiger partial charge in [-0.3, -0.25) is 14.6 Å². The Hall–Kier alpha value is -4.21. The molecule has 10 heteroatoms. The molecule has 0 unspecified atom stereocenters. The number of carbonyl (C=O) groups excluding carboxylic acids is 1. The van der Waals surface area contributed by atoms with Crippen LogP contribution in [-0.4, -0.2) is 43.0 Å². The normalized spacial score (nSPS) is 11.6. The molecule has 0 saturated heterocycles. The Bertz CT molecular complexity index is 1430. The first kappa shape index (κ1) is 24.9. The maximum absolute atomic E-state index is 13.6. The van der Waals surface area contributed by atoms with Gasteiger partial charge in [0.1, 0.15) is 11.3 Å². The molecule has 1 amide bonds. The van der Waals surface area contributed by atoms with Crippen molar-refractivity contribution in [3.8, 4) is 5.69 Å². The first-order chi connectivity index (χ1) is 17.1. The van der Waals surface area contributed by atoms with Gasteiger partial charge in [-0.25, -0.2) is 4.98 Å². The number of carboxylic acids is 1. The van der Waals surface area contributed by atoms with Crippen molar-refractivity contribution in [2.75, 3.05) is 6.54 Å². The number of fused-ring (bicyclic) bond motifs is 1. The molecule has 3 aromatic heterocycles. The molecule has 0 fully saturated rings. The molecule has 0 aliphatic carbocycles. The van der Waals surface area contributed by atoms with Crippen LogP contribution in [-0.2, 0) is 23.9 Å². The quantitative estimate of drug-likeness (QED) is 0.388. The molecule has 0 spiro atoms. The minimum Gasteiger partial charge on any atom is -0.481 e. The molecule has 0 bridgehead atoms. The molecular formula is C26H23F3N4O3. The van der Waals surface area contributed by atoms with Gasteiger partial charge in [0.05, 0.1) is 17.7 Å². The number of nitrogens with zero attached hydrogens (tertiary/aromatic N) is 4. The summed E-state index contributed by atoms with van der Waals surface area (Å²) >= 11 is 0. The third kappa shape index (κ3) is 5.07. The van der Waals surface area contributed by atoms with Crippen LogP contribution in [0.2, 0.25) is 0 Å². The molecule has 0 aliphatic rings. The first-order valence-corrected chi connectivity index (χ1v) is 11.2. The lowest BCUT2D eigenvalue weighted by molar-refractivity contribution is -0.138. The smallest absolute Gasteiger partial charge is 0.416 e. The van der Waals surface area contributed by atoms with Crippen molar-refractivity contribution in [2.45, 2.75) is 33.0 Å². The van der Waals surface area contributed by atoms with Gasteiger partial charge in [0.2, 0.25) is 0 Å². The number of amides is 1. The predicted octanol–water partition coefficient (Wildman–Crippen LogP) is 5.04. The summed E-state index contributed by atoms with van der Waals surface area (Å²) in [4.78, 5) is 34.5. The van der Waals surface area contributed by atoms with Crippen LogP contribution in [0.1, 0.15) is 39.8 Å². The highest BCUT2D eigenvalue weighted by molar-refractivity contribution is 5.92. The van der Waals surface area contributed by atoms with E-state index < -0.39 is 23.6 Å². The molecule has 4 aromatic rings. The Morgan fingerprint density at radius 2 is 1.86 bits per heavy atom. The second-order valence-corrected chi connectivity index (χ2v) is 8.29. The Morgan fingerprint density at radius 3 is 2.50 bits per heavy atom. The van der Waals surface area contributed by atoms with E-state index in [-0.39, 0.29) is 30.8 Å². The highest BCUT2D eigenvalue weighted by Gasteiger charge is 2.32. The maximum atomic E-state index is 13.6. The molecule has 0 saturated carbocycles. The van der Waals surface area contributed by atoms with Crippen LogP contribution in [0.15, 0.2) is 60.9 Å². The Morgan fingerprint density at radius 1 is 1.08 bits per heavy atom. The van der Waals surface area contributed by atoms with E-state index in [1.165, 1.54) is 17.2 Å². The fourth-order valence-corrected chi connectivity index (χ4v) is 4.06. The molecule has 3 heterocycles. The summed E-state index contributed by atoms with van der Waals surface area (Å²) < 4.78 is 42.5. The lowest BCUT2D eigenvalue weighted by Gasteiger charge is -2.23. The fraction of sp³-hybridized carbons (Fsp3) is 0.231. The number of hydrogen-bond acceptors (Lipinski definition) is 4. The second-order valence-electron chi connectivity index (χ2n) is 8.29. The zero-order valence-electron chi connectivity index (χ0n) is 19.6. The summed E-state index contributed by atoms with van der Waals surface area (Å²) in [5.74, 6) is -1.46. The van der Waals surface area contributed by atoms with E-state index in [2.05, 4.69) is 9.97 Å². The van der Waals surface area contributed by atoms with Gasteiger partial charge in [0, 0.05) is 36.6 Å². The van der Waals surface area contributed by atoms with Crippen molar-refractivity contribution in [3.05, 3.63) is 89.0 Å². The minimum absolute atomic E-state index is 0.120. The van der Waals surface area contributed by atoms with Gasteiger partial charge < -0.3 is 14.6 Å². The number of benzene rings is 1. The van der Waals surface area contributed by atoms with E-state index in [4.69, 9.17) is 0 Å². The van der Waals surface area contributed by atoms with E-state index in [1.807, 2.05) is 0 Å². The number of aliphatic carboxylic acids is 1. The van der Waals surface area contributed by atoms with Gasteiger partial charge in [-0.1, -0.05) is 6.07 Å². The van der Waals surface area contributed by atoms with Gasteiger partial charge >= 0.3 is 12.1 Å². The van der Waals surface area contributed by atoms with Gasteiger partial charge in [-0.2, -0.15) is 13.2 Å².